The first-order valence-electron chi connectivity index (χ1n) is 7.10. The van der Waals surface area contributed by atoms with Crippen LogP contribution in [0, 0.1) is 0 Å². The van der Waals surface area contributed by atoms with Crippen molar-refractivity contribution in [2.45, 2.75) is 38.3 Å². The van der Waals surface area contributed by atoms with E-state index in [2.05, 4.69) is 35.9 Å². The van der Waals surface area contributed by atoms with Gasteiger partial charge in [-0.15, -0.1) is 11.3 Å². The van der Waals surface area contributed by atoms with Crippen LogP contribution in [0.2, 0.25) is 0 Å². The monoisotopic (exact) mass is 288 g/mol. The third-order valence-electron chi connectivity index (χ3n) is 3.61. The van der Waals surface area contributed by atoms with E-state index < -0.39 is 0 Å². The van der Waals surface area contributed by atoms with Gasteiger partial charge in [-0.1, -0.05) is 19.1 Å². The summed E-state index contributed by atoms with van der Waals surface area (Å²) >= 11 is 1.75. The van der Waals surface area contributed by atoms with E-state index in [0.717, 1.165) is 17.7 Å². The maximum absolute atomic E-state index is 5.87. The van der Waals surface area contributed by atoms with Crippen LogP contribution in [-0.4, -0.2) is 6.10 Å². The van der Waals surface area contributed by atoms with Crippen molar-refractivity contribution in [1.82, 2.24) is 5.43 Å². The molecule has 0 amide bonds. The van der Waals surface area contributed by atoms with Crippen LogP contribution in [0.15, 0.2) is 35.7 Å². The lowest BCUT2D eigenvalue weighted by molar-refractivity contribution is 0.302. The second-order valence-corrected chi connectivity index (χ2v) is 6.10. The lowest BCUT2D eigenvalue weighted by atomic mass is 10.0. The predicted molar refractivity (Wildman–Crippen MR) is 83.0 cm³/mol. The molecule has 2 aromatic rings. The molecule has 4 heteroatoms. The molecule has 1 aliphatic carbocycles. The zero-order valence-electron chi connectivity index (χ0n) is 11.6. The highest BCUT2D eigenvalue weighted by molar-refractivity contribution is 7.10. The fraction of sp³-hybridized carbons (Fsp3) is 0.375. The second-order valence-electron chi connectivity index (χ2n) is 5.15. The van der Waals surface area contributed by atoms with Gasteiger partial charge in [-0.2, -0.15) is 0 Å². The van der Waals surface area contributed by atoms with Crippen LogP contribution in [0.1, 0.15) is 41.8 Å². The molecule has 1 atom stereocenters. The molecule has 1 unspecified atom stereocenters. The van der Waals surface area contributed by atoms with Gasteiger partial charge in [-0.3, -0.25) is 5.84 Å². The Morgan fingerprint density at radius 2 is 2.25 bits per heavy atom. The van der Waals surface area contributed by atoms with Gasteiger partial charge in [0.2, 0.25) is 0 Å². The molecule has 1 aliphatic rings. The van der Waals surface area contributed by atoms with Crippen molar-refractivity contribution < 1.29 is 4.74 Å². The standard InChI is InChI=1S/C16H20N2OS/c1-2-11-8-9-20-16(11)15(18-17)12-4-3-5-14(10-12)19-13-6-7-13/h3-5,8-10,13,15,18H,2,6-7,17H2,1H3. The molecule has 1 aromatic carbocycles. The molecule has 1 fully saturated rings. The van der Waals surface area contributed by atoms with Crippen molar-refractivity contribution in [3.8, 4) is 5.75 Å². The van der Waals surface area contributed by atoms with Crippen LogP contribution in [0.5, 0.6) is 5.75 Å². The average Bonchev–Trinajstić information content (AvgIpc) is 3.16. The molecule has 0 bridgehead atoms. The van der Waals surface area contributed by atoms with Crippen molar-refractivity contribution in [2.75, 3.05) is 0 Å². The van der Waals surface area contributed by atoms with E-state index in [4.69, 9.17) is 10.6 Å². The summed E-state index contributed by atoms with van der Waals surface area (Å²) in [4.78, 5) is 1.29. The van der Waals surface area contributed by atoms with Crippen molar-refractivity contribution in [3.05, 3.63) is 51.7 Å². The molecule has 0 radical (unpaired) electrons. The summed E-state index contributed by atoms with van der Waals surface area (Å²) in [6, 6.07) is 10.5. The molecule has 1 saturated carbocycles. The first kappa shape index (κ1) is 13.6. The van der Waals surface area contributed by atoms with Crippen molar-refractivity contribution in [2.24, 2.45) is 5.84 Å². The Bertz CT molecular complexity index is 577. The Kier molecular flexibility index (Phi) is 4.05. The summed E-state index contributed by atoms with van der Waals surface area (Å²) in [5.74, 6) is 6.74. The molecule has 0 spiro atoms. The average molecular weight is 288 g/mol. The lowest BCUT2D eigenvalue weighted by Gasteiger charge is -2.18. The molecule has 20 heavy (non-hydrogen) atoms. The zero-order valence-corrected chi connectivity index (χ0v) is 12.5. The topological polar surface area (TPSA) is 47.3 Å². The highest BCUT2D eigenvalue weighted by atomic mass is 32.1. The first-order valence-corrected chi connectivity index (χ1v) is 7.98. The Morgan fingerprint density at radius 3 is 2.95 bits per heavy atom. The maximum atomic E-state index is 5.87. The van der Waals surface area contributed by atoms with Crippen LogP contribution in [0.25, 0.3) is 0 Å². The Hall–Kier alpha value is -1.36. The molecule has 1 heterocycles. The summed E-state index contributed by atoms with van der Waals surface area (Å²) in [7, 11) is 0. The number of nitrogens with two attached hydrogens (primary N) is 1. The molecule has 1 aromatic heterocycles. The summed E-state index contributed by atoms with van der Waals surface area (Å²) in [5.41, 5.74) is 5.46. The van der Waals surface area contributed by atoms with Gasteiger partial charge in [0.05, 0.1) is 12.1 Å². The Balaban J connectivity index is 1.88. The SMILES string of the molecule is CCc1ccsc1C(NN)c1cccc(OC2CC2)c1. The molecule has 0 saturated heterocycles. The number of benzene rings is 1. The first-order chi connectivity index (χ1) is 9.81. The van der Waals surface area contributed by atoms with Crippen LogP contribution in [0.3, 0.4) is 0 Å². The van der Waals surface area contributed by atoms with Crippen molar-refractivity contribution in [1.29, 1.82) is 0 Å². The van der Waals surface area contributed by atoms with E-state index in [9.17, 15) is 0 Å². The van der Waals surface area contributed by atoms with Gasteiger partial charge in [0.25, 0.3) is 0 Å². The number of nitrogens with one attached hydrogen (secondary N) is 1. The Morgan fingerprint density at radius 1 is 1.40 bits per heavy atom. The predicted octanol–water partition coefficient (Wildman–Crippen LogP) is 3.40. The maximum Gasteiger partial charge on any atom is 0.120 e. The van der Waals surface area contributed by atoms with Gasteiger partial charge in [0, 0.05) is 4.88 Å². The lowest BCUT2D eigenvalue weighted by Crippen LogP contribution is -2.28. The summed E-state index contributed by atoms with van der Waals surface area (Å²) in [6.45, 7) is 2.17. The minimum absolute atomic E-state index is 0.0349. The van der Waals surface area contributed by atoms with E-state index in [0.29, 0.717) is 6.10 Å². The van der Waals surface area contributed by atoms with E-state index in [-0.39, 0.29) is 6.04 Å². The van der Waals surface area contributed by atoms with E-state index in [1.54, 1.807) is 11.3 Å². The zero-order chi connectivity index (χ0) is 13.9. The second kappa shape index (κ2) is 5.95. The number of hydrogen-bond donors (Lipinski definition) is 2. The van der Waals surface area contributed by atoms with E-state index in [1.807, 2.05) is 12.1 Å². The minimum Gasteiger partial charge on any atom is -0.490 e. The molecular weight excluding hydrogens is 268 g/mol. The fourth-order valence-corrected chi connectivity index (χ4v) is 3.44. The van der Waals surface area contributed by atoms with Crippen LogP contribution in [0.4, 0.5) is 0 Å². The molecule has 3 N–H and O–H groups in total. The molecule has 0 aliphatic heterocycles. The molecular formula is C16H20N2OS. The van der Waals surface area contributed by atoms with Gasteiger partial charge in [-0.05, 0) is 54.0 Å². The quantitative estimate of drug-likeness (QED) is 0.632. The number of aryl methyl sites for hydroxylation is 1. The number of thiophene rings is 1. The number of hydrogen-bond acceptors (Lipinski definition) is 4. The third-order valence-corrected chi connectivity index (χ3v) is 4.63. The summed E-state index contributed by atoms with van der Waals surface area (Å²) in [5, 5.41) is 2.13. The highest BCUT2D eigenvalue weighted by Gasteiger charge is 2.24. The summed E-state index contributed by atoms with van der Waals surface area (Å²) in [6.07, 6.45) is 3.79. The van der Waals surface area contributed by atoms with Crippen LogP contribution < -0.4 is 16.0 Å². The minimum atomic E-state index is 0.0349. The van der Waals surface area contributed by atoms with Crippen LogP contribution >= 0.6 is 11.3 Å². The molecule has 3 nitrogen and oxygen atoms in total. The smallest absolute Gasteiger partial charge is 0.120 e. The number of rotatable bonds is 6. The van der Waals surface area contributed by atoms with Gasteiger partial charge >= 0.3 is 0 Å². The third kappa shape index (κ3) is 2.87. The van der Waals surface area contributed by atoms with Gasteiger partial charge in [0.15, 0.2) is 0 Å². The number of hydrazine groups is 1. The van der Waals surface area contributed by atoms with E-state index in [1.165, 1.54) is 23.3 Å². The van der Waals surface area contributed by atoms with E-state index >= 15 is 0 Å². The van der Waals surface area contributed by atoms with Crippen molar-refractivity contribution in [3.63, 3.8) is 0 Å². The van der Waals surface area contributed by atoms with Crippen molar-refractivity contribution >= 4 is 11.3 Å². The molecule has 3 rings (SSSR count). The van der Waals surface area contributed by atoms with Gasteiger partial charge in [-0.25, -0.2) is 5.43 Å². The van der Waals surface area contributed by atoms with Crippen LogP contribution in [-0.2, 0) is 6.42 Å². The Labute approximate surface area is 123 Å². The molecule has 106 valence electrons. The number of ether oxygens (including phenoxy) is 1. The van der Waals surface area contributed by atoms with Gasteiger partial charge < -0.3 is 4.74 Å². The largest absolute Gasteiger partial charge is 0.490 e. The highest BCUT2D eigenvalue weighted by Crippen LogP contribution is 2.33. The fourth-order valence-electron chi connectivity index (χ4n) is 2.36. The van der Waals surface area contributed by atoms with Gasteiger partial charge in [0.1, 0.15) is 5.75 Å². The normalized spacial score (nSPS) is 16.1. The summed E-state index contributed by atoms with van der Waals surface area (Å²) < 4.78 is 5.87.